The number of hydrogen-bond donors (Lipinski definition) is 1. The Morgan fingerprint density at radius 3 is 2.70 bits per heavy atom. The lowest BCUT2D eigenvalue weighted by atomic mass is 10.1. The van der Waals surface area contributed by atoms with Crippen molar-refractivity contribution in [2.24, 2.45) is 5.73 Å². The van der Waals surface area contributed by atoms with E-state index in [9.17, 15) is 0 Å². The maximum Gasteiger partial charge on any atom is 0.0766 e. The topological polar surface area (TPSA) is 43.8 Å². The zero-order chi connectivity index (χ0) is 14.7. The summed E-state index contributed by atoms with van der Waals surface area (Å²) >= 11 is 5.46. The van der Waals surface area contributed by atoms with Gasteiger partial charge >= 0.3 is 0 Å². The molecule has 2 aromatic rings. The second-order valence-electron chi connectivity index (χ2n) is 4.85. The van der Waals surface area contributed by atoms with Crippen molar-refractivity contribution in [1.29, 1.82) is 0 Å². The van der Waals surface area contributed by atoms with Gasteiger partial charge in [0.25, 0.3) is 0 Å². The molecule has 0 saturated heterocycles. The molecule has 0 radical (unpaired) electrons. The van der Waals surface area contributed by atoms with Crippen molar-refractivity contribution in [1.82, 2.24) is 9.78 Å². The van der Waals surface area contributed by atoms with Crippen molar-refractivity contribution in [3.8, 4) is 0 Å². The zero-order valence-corrected chi connectivity index (χ0v) is 14.7. The van der Waals surface area contributed by atoms with Crippen LogP contribution < -0.4 is 5.73 Å². The largest absolute Gasteiger partial charge is 0.323 e. The first-order valence-electron chi connectivity index (χ1n) is 7.18. The monoisotopic (exact) mass is 355 g/mol. The van der Waals surface area contributed by atoms with E-state index in [-0.39, 0.29) is 6.04 Å². The highest BCUT2D eigenvalue weighted by molar-refractivity contribution is 9.10. The maximum absolute atomic E-state index is 6.44. The average Bonchev–Trinajstić information content (AvgIpc) is 3.04. The predicted molar refractivity (Wildman–Crippen MR) is 89.3 cm³/mol. The van der Waals surface area contributed by atoms with Gasteiger partial charge in [-0.2, -0.15) is 5.10 Å². The summed E-state index contributed by atoms with van der Waals surface area (Å²) in [4.78, 5) is 1.31. The number of nitrogens with zero attached hydrogens (tertiary/aromatic N) is 2. The summed E-state index contributed by atoms with van der Waals surface area (Å²) in [6.07, 6.45) is 2.81. The van der Waals surface area contributed by atoms with Crippen LogP contribution >= 0.6 is 27.3 Å². The standard InChI is InChI=1S/C15H22BrN3S/c1-4-10-7-8-20-15(10)11(17)9-13-14(16)12(5-2)18-19(13)6-3/h7-8,11H,4-6,9,17H2,1-3H3. The van der Waals surface area contributed by atoms with Crippen LogP contribution in [0.15, 0.2) is 15.9 Å². The van der Waals surface area contributed by atoms with Crippen molar-refractivity contribution >= 4 is 27.3 Å². The zero-order valence-electron chi connectivity index (χ0n) is 12.3. The van der Waals surface area contributed by atoms with Gasteiger partial charge in [-0.25, -0.2) is 0 Å². The van der Waals surface area contributed by atoms with Crippen LogP contribution in [0, 0.1) is 0 Å². The van der Waals surface area contributed by atoms with Crippen LogP contribution in [0.2, 0.25) is 0 Å². The fourth-order valence-corrected chi connectivity index (χ4v) is 4.21. The van der Waals surface area contributed by atoms with Crippen LogP contribution in [0.4, 0.5) is 0 Å². The molecule has 0 aliphatic rings. The Morgan fingerprint density at radius 1 is 1.35 bits per heavy atom. The first-order chi connectivity index (χ1) is 9.62. The van der Waals surface area contributed by atoms with E-state index in [1.165, 1.54) is 16.1 Å². The Balaban J connectivity index is 2.27. The fraction of sp³-hybridized carbons (Fsp3) is 0.533. The summed E-state index contributed by atoms with van der Waals surface area (Å²) in [7, 11) is 0. The number of thiophene rings is 1. The molecule has 2 rings (SSSR count). The smallest absolute Gasteiger partial charge is 0.0766 e. The molecule has 20 heavy (non-hydrogen) atoms. The molecule has 2 N–H and O–H groups in total. The lowest BCUT2D eigenvalue weighted by Gasteiger charge is -2.13. The van der Waals surface area contributed by atoms with Gasteiger partial charge in [0, 0.05) is 23.9 Å². The molecule has 1 atom stereocenters. The summed E-state index contributed by atoms with van der Waals surface area (Å²) in [6, 6.07) is 2.23. The molecule has 3 nitrogen and oxygen atoms in total. The van der Waals surface area contributed by atoms with Gasteiger partial charge in [0.05, 0.1) is 15.9 Å². The minimum atomic E-state index is 0.0490. The van der Waals surface area contributed by atoms with Crippen LogP contribution in [0.3, 0.4) is 0 Å². The van der Waals surface area contributed by atoms with Gasteiger partial charge in [-0.15, -0.1) is 11.3 Å². The lowest BCUT2D eigenvalue weighted by Crippen LogP contribution is -2.16. The molecule has 2 heterocycles. The van der Waals surface area contributed by atoms with Gasteiger partial charge in [0.2, 0.25) is 0 Å². The first kappa shape index (κ1) is 15.7. The number of aryl methyl sites for hydroxylation is 3. The Labute approximate surface area is 133 Å². The fourth-order valence-electron chi connectivity index (χ4n) is 2.48. The summed E-state index contributed by atoms with van der Waals surface area (Å²) in [5.74, 6) is 0. The molecule has 0 aliphatic heterocycles. The summed E-state index contributed by atoms with van der Waals surface area (Å²) < 4.78 is 3.20. The number of aromatic nitrogens is 2. The lowest BCUT2D eigenvalue weighted by molar-refractivity contribution is 0.586. The van der Waals surface area contributed by atoms with E-state index >= 15 is 0 Å². The normalized spacial score (nSPS) is 12.8. The first-order valence-corrected chi connectivity index (χ1v) is 8.85. The van der Waals surface area contributed by atoms with Gasteiger partial charge in [-0.3, -0.25) is 4.68 Å². The second-order valence-corrected chi connectivity index (χ2v) is 6.59. The highest BCUT2D eigenvalue weighted by atomic mass is 79.9. The van der Waals surface area contributed by atoms with E-state index in [0.717, 1.165) is 36.0 Å². The molecule has 5 heteroatoms. The molecule has 0 fully saturated rings. The summed E-state index contributed by atoms with van der Waals surface area (Å²) in [5.41, 5.74) is 10.1. The third-order valence-corrected chi connectivity index (χ3v) is 5.61. The van der Waals surface area contributed by atoms with Gasteiger partial charge in [-0.05, 0) is 52.7 Å². The number of nitrogens with two attached hydrogens (primary N) is 1. The minimum absolute atomic E-state index is 0.0490. The molecule has 0 amide bonds. The van der Waals surface area contributed by atoms with Gasteiger partial charge in [0.1, 0.15) is 0 Å². The third-order valence-electron chi connectivity index (χ3n) is 3.61. The number of hydrogen-bond acceptors (Lipinski definition) is 3. The Kier molecular flexibility index (Phi) is 5.41. The molecule has 0 bridgehead atoms. The minimum Gasteiger partial charge on any atom is -0.323 e. The Morgan fingerprint density at radius 2 is 2.10 bits per heavy atom. The quantitative estimate of drug-likeness (QED) is 0.847. The molecular formula is C15H22BrN3S. The molecule has 0 aliphatic carbocycles. The molecule has 0 aromatic carbocycles. The molecule has 0 spiro atoms. The average molecular weight is 356 g/mol. The SMILES string of the molecule is CCc1ccsc1C(N)Cc1c(Br)c(CC)nn1CC. The van der Waals surface area contributed by atoms with E-state index in [0.29, 0.717) is 0 Å². The predicted octanol–water partition coefficient (Wildman–Crippen LogP) is 4.09. The van der Waals surface area contributed by atoms with Crippen LogP contribution in [0.25, 0.3) is 0 Å². The molecule has 0 saturated carbocycles. The third kappa shape index (κ3) is 3.00. The van der Waals surface area contributed by atoms with Gasteiger partial charge in [-0.1, -0.05) is 13.8 Å². The Bertz CT molecular complexity index is 574. The molecule has 1 unspecified atom stereocenters. The van der Waals surface area contributed by atoms with Gasteiger partial charge in [0.15, 0.2) is 0 Å². The van der Waals surface area contributed by atoms with E-state index in [2.05, 4.69) is 57.9 Å². The maximum atomic E-state index is 6.44. The summed E-state index contributed by atoms with van der Waals surface area (Å²) in [6.45, 7) is 7.31. The van der Waals surface area contributed by atoms with Crippen LogP contribution in [0.1, 0.15) is 48.6 Å². The summed E-state index contributed by atoms with van der Waals surface area (Å²) in [5, 5.41) is 6.78. The number of rotatable bonds is 6. The van der Waals surface area contributed by atoms with E-state index < -0.39 is 0 Å². The molecular weight excluding hydrogens is 334 g/mol. The van der Waals surface area contributed by atoms with E-state index in [1.807, 2.05) is 0 Å². The van der Waals surface area contributed by atoms with Crippen molar-refractivity contribution in [2.45, 2.75) is 52.6 Å². The molecule has 110 valence electrons. The highest BCUT2D eigenvalue weighted by Gasteiger charge is 2.19. The van der Waals surface area contributed by atoms with Crippen molar-refractivity contribution in [3.05, 3.63) is 37.7 Å². The number of halogens is 1. The Hall–Kier alpha value is -0.650. The van der Waals surface area contributed by atoms with E-state index in [4.69, 9.17) is 5.73 Å². The molecule has 2 aromatic heterocycles. The van der Waals surface area contributed by atoms with Crippen molar-refractivity contribution in [3.63, 3.8) is 0 Å². The van der Waals surface area contributed by atoms with E-state index in [1.54, 1.807) is 11.3 Å². The van der Waals surface area contributed by atoms with Crippen molar-refractivity contribution < 1.29 is 0 Å². The van der Waals surface area contributed by atoms with Crippen molar-refractivity contribution in [2.75, 3.05) is 0 Å². The van der Waals surface area contributed by atoms with Crippen LogP contribution in [-0.4, -0.2) is 9.78 Å². The van der Waals surface area contributed by atoms with Gasteiger partial charge < -0.3 is 5.73 Å². The van der Waals surface area contributed by atoms with Crippen LogP contribution in [0.5, 0.6) is 0 Å². The van der Waals surface area contributed by atoms with Crippen LogP contribution in [-0.2, 0) is 25.8 Å². The second kappa shape index (κ2) is 6.87. The highest BCUT2D eigenvalue weighted by Crippen LogP contribution is 2.30.